The van der Waals surface area contributed by atoms with Gasteiger partial charge in [-0.15, -0.1) is 0 Å². The molecule has 3 heteroatoms. The fourth-order valence-electron chi connectivity index (χ4n) is 1.25. The summed E-state index contributed by atoms with van der Waals surface area (Å²) in [6.45, 7) is 3.55. The summed E-state index contributed by atoms with van der Waals surface area (Å²) in [7, 11) is 0. The third kappa shape index (κ3) is 1.80. The fraction of sp³-hybridized carbons (Fsp3) is 0.400. The van der Waals surface area contributed by atoms with Crippen molar-refractivity contribution in [1.29, 1.82) is 0 Å². The molecule has 13 heavy (non-hydrogen) atoms. The predicted octanol–water partition coefficient (Wildman–Crippen LogP) is 2.86. The van der Waals surface area contributed by atoms with Crippen molar-refractivity contribution in [3.05, 3.63) is 22.7 Å². The van der Waals surface area contributed by atoms with Gasteiger partial charge < -0.3 is 9.47 Å². The van der Waals surface area contributed by atoms with Crippen molar-refractivity contribution < 1.29 is 9.47 Å². The SMILES string of the molecule is C[C@H]1COc2cccc(Br)c2OC1. The van der Waals surface area contributed by atoms with Gasteiger partial charge in [0.25, 0.3) is 0 Å². The first-order chi connectivity index (χ1) is 6.27. The van der Waals surface area contributed by atoms with Crippen molar-refractivity contribution in [2.24, 2.45) is 5.92 Å². The second kappa shape index (κ2) is 3.58. The van der Waals surface area contributed by atoms with E-state index in [1.54, 1.807) is 0 Å². The van der Waals surface area contributed by atoms with E-state index in [4.69, 9.17) is 9.47 Å². The maximum absolute atomic E-state index is 5.62. The quantitative estimate of drug-likeness (QED) is 0.697. The van der Waals surface area contributed by atoms with Crippen LogP contribution in [0.15, 0.2) is 22.7 Å². The molecule has 2 rings (SSSR count). The summed E-state index contributed by atoms with van der Waals surface area (Å²) < 4.78 is 12.2. The number of fused-ring (bicyclic) bond motifs is 1. The van der Waals surface area contributed by atoms with Crippen molar-refractivity contribution in [3.8, 4) is 11.5 Å². The van der Waals surface area contributed by atoms with Gasteiger partial charge in [-0.05, 0) is 28.1 Å². The number of halogens is 1. The van der Waals surface area contributed by atoms with Crippen LogP contribution in [0.1, 0.15) is 6.92 Å². The Morgan fingerprint density at radius 2 is 2.08 bits per heavy atom. The average molecular weight is 243 g/mol. The molecule has 0 bridgehead atoms. The number of hydrogen-bond donors (Lipinski definition) is 0. The van der Waals surface area contributed by atoms with Crippen LogP contribution in [0.5, 0.6) is 11.5 Å². The second-order valence-electron chi connectivity index (χ2n) is 3.29. The van der Waals surface area contributed by atoms with Crippen LogP contribution in [0, 0.1) is 5.92 Å². The first-order valence-electron chi connectivity index (χ1n) is 4.31. The Labute approximate surface area is 86.0 Å². The summed E-state index contributed by atoms with van der Waals surface area (Å²) in [5, 5.41) is 0. The molecular weight excluding hydrogens is 232 g/mol. The minimum atomic E-state index is 0.444. The van der Waals surface area contributed by atoms with Crippen LogP contribution in [0.25, 0.3) is 0 Å². The number of ether oxygens (including phenoxy) is 2. The summed E-state index contributed by atoms with van der Waals surface area (Å²) in [6.07, 6.45) is 0. The van der Waals surface area contributed by atoms with Crippen LogP contribution >= 0.6 is 15.9 Å². The lowest BCUT2D eigenvalue weighted by Crippen LogP contribution is -2.12. The lowest BCUT2D eigenvalue weighted by atomic mass is 10.2. The van der Waals surface area contributed by atoms with Gasteiger partial charge in [-0.2, -0.15) is 0 Å². The Morgan fingerprint density at radius 1 is 1.31 bits per heavy atom. The molecule has 0 radical (unpaired) electrons. The summed E-state index contributed by atoms with van der Waals surface area (Å²) >= 11 is 3.43. The molecule has 0 fully saturated rings. The van der Waals surface area contributed by atoms with Crippen molar-refractivity contribution in [1.82, 2.24) is 0 Å². The largest absolute Gasteiger partial charge is 0.489 e. The minimum absolute atomic E-state index is 0.444. The van der Waals surface area contributed by atoms with E-state index in [9.17, 15) is 0 Å². The van der Waals surface area contributed by atoms with E-state index in [1.165, 1.54) is 0 Å². The maximum atomic E-state index is 5.62. The van der Waals surface area contributed by atoms with E-state index in [2.05, 4.69) is 22.9 Å². The summed E-state index contributed by atoms with van der Waals surface area (Å²) in [6, 6.07) is 5.83. The molecule has 70 valence electrons. The van der Waals surface area contributed by atoms with Gasteiger partial charge in [0.1, 0.15) is 0 Å². The average Bonchev–Trinajstić information content (AvgIpc) is 2.30. The van der Waals surface area contributed by atoms with Gasteiger partial charge in [-0.25, -0.2) is 0 Å². The number of hydrogen-bond acceptors (Lipinski definition) is 2. The van der Waals surface area contributed by atoms with E-state index in [0.717, 1.165) is 29.2 Å². The van der Waals surface area contributed by atoms with Crippen LogP contribution in [-0.4, -0.2) is 13.2 Å². The molecule has 1 aromatic rings. The normalized spacial score (nSPS) is 20.9. The maximum Gasteiger partial charge on any atom is 0.175 e. The number of benzene rings is 1. The summed E-state index contributed by atoms with van der Waals surface area (Å²) in [4.78, 5) is 0. The molecule has 1 atom stereocenters. The highest BCUT2D eigenvalue weighted by Gasteiger charge is 2.16. The molecule has 0 unspecified atom stereocenters. The summed E-state index contributed by atoms with van der Waals surface area (Å²) in [5.74, 6) is 2.10. The molecule has 2 nitrogen and oxygen atoms in total. The Balaban J connectivity index is 2.35. The Bertz CT molecular complexity index is 312. The van der Waals surface area contributed by atoms with Crippen LogP contribution in [-0.2, 0) is 0 Å². The lowest BCUT2D eigenvalue weighted by molar-refractivity contribution is 0.228. The zero-order valence-electron chi connectivity index (χ0n) is 7.42. The molecule has 0 N–H and O–H groups in total. The summed E-state index contributed by atoms with van der Waals surface area (Å²) in [5.41, 5.74) is 0. The van der Waals surface area contributed by atoms with Gasteiger partial charge in [0.05, 0.1) is 17.7 Å². The predicted molar refractivity (Wildman–Crippen MR) is 54.3 cm³/mol. The first kappa shape index (κ1) is 8.88. The van der Waals surface area contributed by atoms with Gasteiger partial charge in [0, 0.05) is 5.92 Å². The topological polar surface area (TPSA) is 18.5 Å². The van der Waals surface area contributed by atoms with Crippen molar-refractivity contribution in [2.75, 3.05) is 13.2 Å². The van der Waals surface area contributed by atoms with E-state index < -0.39 is 0 Å². The number of rotatable bonds is 0. The molecule has 1 aliphatic heterocycles. The monoisotopic (exact) mass is 242 g/mol. The lowest BCUT2D eigenvalue weighted by Gasteiger charge is -2.07. The minimum Gasteiger partial charge on any atom is -0.489 e. The van der Waals surface area contributed by atoms with Crippen molar-refractivity contribution in [2.45, 2.75) is 6.92 Å². The zero-order valence-corrected chi connectivity index (χ0v) is 9.00. The van der Waals surface area contributed by atoms with E-state index in [1.807, 2.05) is 18.2 Å². The molecule has 0 amide bonds. The van der Waals surface area contributed by atoms with Crippen LogP contribution in [0.2, 0.25) is 0 Å². The molecule has 0 saturated heterocycles. The standard InChI is InChI=1S/C10H11BrO2/c1-7-5-12-9-4-2-3-8(11)10(9)13-6-7/h2-4,7H,5-6H2,1H3/t7-/m0/s1. The Kier molecular flexibility index (Phi) is 2.44. The van der Waals surface area contributed by atoms with E-state index in [0.29, 0.717) is 5.92 Å². The molecule has 0 aromatic heterocycles. The third-order valence-corrected chi connectivity index (χ3v) is 2.59. The number of para-hydroxylation sites is 1. The third-order valence-electron chi connectivity index (χ3n) is 1.97. The highest BCUT2D eigenvalue weighted by molar-refractivity contribution is 9.10. The Hall–Kier alpha value is -0.700. The van der Waals surface area contributed by atoms with Gasteiger partial charge in [0.15, 0.2) is 11.5 Å². The zero-order chi connectivity index (χ0) is 9.26. The Morgan fingerprint density at radius 3 is 2.92 bits per heavy atom. The second-order valence-corrected chi connectivity index (χ2v) is 4.15. The molecule has 1 heterocycles. The molecule has 0 aliphatic carbocycles. The molecule has 0 saturated carbocycles. The molecule has 1 aromatic carbocycles. The molecule has 1 aliphatic rings. The first-order valence-corrected chi connectivity index (χ1v) is 5.11. The van der Waals surface area contributed by atoms with Gasteiger partial charge >= 0.3 is 0 Å². The molecular formula is C10H11BrO2. The highest BCUT2D eigenvalue weighted by Crippen LogP contribution is 2.36. The van der Waals surface area contributed by atoms with Gasteiger partial charge in [0.2, 0.25) is 0 Å². The van der Waals surface area contributed by atoms with Crippen molar-refractivity contribution in [3.63, 3.8) is 0 Å². The molecule has 0 spiro atoms. The van der Waals surface area contributed by atoms with Crippen LogP contribution in [0.4, 0.5) is 0 Å². The van der Waals surface area contributed by atoms with E-state index in [-0.39, 0.29) is 0 Å². The van der Waals surface area contributed by atoms with Gasteiger partial charge in [-0.3, -0.25) is 0 Å². The van der Waals surface area contributed by atoms with Crippen molar-refractivity contribution >= 4 is 15.9 Å². The van der Waals surface area contributed by atoms with Gasteiger partial charge in [-0.1, -0.05) is 13.0 Å². The van der Waals surface area contributed by atoms with Crippen LogP contribution in [0.3, 0.4) is 0 Å². The fourth-order valence-corrected chi connectivity index (χ4v) is 1.71. The highest BCUT2D eigenvalue weighted by atomic mass is 79.9. The van der Waals surface area contributed by atoms with E-state index >= 15 is 0 Å². The smallest absolute Gasteiger partial charge is 0.175 e. The van der Waals surface area contributed by atoms with Crippen LogP contribution < -0.4 is 9.47 Å².